The molecule has 0 aliphatic heterocycles. The zero-order valence-electron chi connectivity index (χ0n) is 13.5. The topological polar surface area (TPSA) is 37.3 Å². The molecule has 2 aromatic rings. The van der Waals surface area contributed by atoms with Gasteiger partial charge in [-0.1, -0.05) is 20.3 Å². The molecule has 0 aliphatic carbocycles. The van der Waals surface area contributed by atoms with Gasteiger partial charge < -0.3 is 14.8 Å². The van der Waals surface area contributed by atoms with Gasteiger partial charge in [-0.25, -0.2) is 4.79 Å². The molecule has 0 saturated heterocycles. The van der Waals surface area contributed by atoms with E-state index in [0.29, 0.717) is 0 Å². The number of benzene rings is 1. The van der Waals surface area contributed by atoms with E-state index in [9.17, 15) is 4.79 Å². The maximum Gasteiger partial charge on any atom is 0.321 e. The van der Waals surface area contributed by atoms with Crippen molar-refractivity contribution in [2.75, 3.05) is 18.4 Å². The molecule has 4 heteroatoms. The quantitative estimate of drug-likeness (QED) is 0.801. The lowest BCUT2D eigenvalue weighted by Crippen LogP contribution is -2.36. The van der Waals surface area contributed by atoms with Gasteiger partial charge in [0.15, 0.2) is 0 Å². The maximum atomic E-state index is 12.3. The number of nitrogens with one attached hydrogen (secondary N) is 1. The minimum atomic E-state index is -0.0102. The Bertz CT molecular complexity index is 561. The third kappa shape index (κ3) is 4.38. The molecule has 1 aromatic heterocycles. The molecule has 1 N–H and O–H groups in total. The van der Waals surface area contributed by atoms with Gasteiger partial charge in [0, 0.05) is 36.9 Å². The molecule has 2 amide bonds. The van der Waals surface area contributed by atoms with Gasteiger partial charge in [-0.15, -0.1) is 0 Å². The molecule has 1 aromatic carbocycles. The first-order chi connectivity index (χ1) is 10.7. The number of amides is 2. The summed E-state index contributed by atoms with van der Waals surface area (Å²) in [5, 5.41) is 2.99. The Kier molecular flexibility index (Phi) is 6.07. The lowest BCUT2D eigenvalue weighted by atomic mass is 10.2. The highest BCUT2D eigenvalue weighted by Gasteiger charge is 2.11. The van der Waals surface area contributed by atoms with Crippen LogP contribution in [-0.4, -0.2) is 28.6 Å². The van der Waals surface area contributed by atoms with Gasteiger partial charge in [0.25, 0.3) is 0 Å². The second-order valence-electron chi connectivity index (χ2n) is 5.41. The third-order valence-electron chi connectivity index (χ3n) is 3.58. The van der Waals surface area contributed by atoms with E-state index in [4.69, 9.17) is 0 Å². The summed E-state index contributed by atoms with van der Waals surface area (Å²) in [4.78, 5) is 14.2. The molecule has 0 unspecified atom stereocenters. The predicted molar refractivity (Wildman–Crippen MR) is 91.6 cm³/mol. The van der Waals surface area contributed by atoms with Crippen LogP contribution in [0.1, 0.15) is 33.1 Å². The van der Waals surface area contributed by atoms with Gasteiger partial charge >= 0.3 is 6.03 Å². The van der Waals surface area contributed by atoms with E-state index in [1.54, 1.807) is 0 Å². The SMILES string of the molecule is CCCCN(CCC)C(=O)Nc1ccc(-n2cccc2)cc1. The van der Waals surface area contributed by atoms with E-state index < -0.39 is 0 Å². The molecule has 118 valence electrons. The number of anilines is 1. The van der Waals surface area contributed by atoms with Crippen LogP contribution in [0.25, 0.3) is 5.69 Å². The summed E-state index contributed by atoms with van der Waals surface area (Å²) >= 11 is 0. The second kappa shape index (κ2) is 8.27. The van der Waals surface area contributed by atoms with E-state index in [1.165, 1.54) is 0 Å². The Morgan fingerprint density at radius 3 is 2.32 bits per heavy atom. The second-order valence-corrected chi connectivity index (χ2v) is 5.41. The zero-order valence-corrected chi connectivity index (χ0v) is 13.5. The van der Waals surface area contributed by atoms with E-state index in [-0.39, 0.29) is 6.03 Å². The average Bonchev–Trinajstić information content (AvgIpc) is 3.06. The number of carbonyl (C=O) groups is 1. The molecule has 0 saturated carbocycles. The van der Waals surface area contributed by atoms with Crippen LogP contribution in [0.15, 0.2) is 48.8 Å². The fourth-order valence-electron chi connectivity index (χ4n) is 2.36. The molecule has 22 heavy (non-hydrogen) atoms. The van der Waals surface area contributed by atoms with E-state index in [1.807, 2.05) is 58.3 Å². The summed E-state index contributed by atoms with van der Waals surface area (Å²) in [6.07, 6.45) is 7.12. The van der Waals surface area contributed by atoms with Crippen LogP contribution >= 0.6 is 0 Å². The Morgan fingerprint density at radius 2 is 1.73 bits per heavy atom. The minimum absolute atomic E-state index is 0.0102. The highest BCUT2D eigenvalue weighted by molar-refractivity contribution is 5.89. The van der Waals surface area contributed by atoms with Crippen molar-refractivity contribution in [1.29, 1.82) is 0 Å². The summed E-state index contributed by atoms with van der Waals surface area (Å²) in [5.41, 5.74) is 1.91. The number of hydrogen-bond donors (Lipinski definition) is 1. The van der Waals surface area contributed by atoms with Gasteiger partial charge in [-0.2, -0.15) is 0 Å². The lowest BCUT2D eigenvalue weighted by Gasteiger charge is -2.22. The van der Waals surface area contributed by atoms with Crippen LogP contribution in [0.3, 0.4) is 0 Å². The Labute approximate surface area is 132 Å². The number of aromatic nitrogens is 1. The van der Waals surface area contributed by atoms with Crippen LogP contribution in [0, 0.1) is 0 Å². The number of rotatable bonds is 7. The lowest BCUT2D eigenvalue weighted by molar-refractivity contribution is 0.211. The largest absolute Gasteiger partial charge is 0.325 e. The Morgan fingerprint density at radius 1 is 1.05 bits per heavy atom. The van der Waals surface area contributed by atoms with Crippen molar-refractivity contribution >= 4 is 11.7 Å². The summed E-state index contributed by atoms with van der Waals surface area (Å²) in [6, 6.07) is 11.9. The van der Waals surface area contributed by atoms with E-state index in [2.05, 4.69) is 19.2 Å². The molecule has 4 nitrogen and oxygen atoms in total. The molecule has 0 aliphatic rings. The first-order valence-corrected chi connectivity index (χ1v) is 8.04. The number of urea groups is 1. The number of hydrogen-bond acceptors (Lipinski definition) is 1. The first-order valence-electron chi connectivity index (χ1n) is 8.04. The fraction of sp³-hybridized carbons (Fsp3) is 0.389. The highest BCUT2D eigenvalue weighted by Crippen LogP contribution is 2.14. The zero-order chi connectivity index (χ0) is 15.8. The van der Waals surface area contributed by atoms with Crippen molar-refractivity contribution in [2.24, 2.45) is 0 Å². The minimum Gasteiger partial charge on any atom is -0.325 e. The van der Waals surface area contributed by atoms with Gasteiger partial charge in [0.2, 0.25) is 0 Å². The van der Waals surface area contributed by atoms with Crippen LogP contribution in [0.2, 0.25) is 0 Å². The van der Waals surface area contributed by atoms with E-state index >= 15 is 0 Å². The van der Waals surface area contributed by atoms with Gasteiger partial charge in [-0.05, 0) is 49.2 Å². The normalized spacial score (nSPS) is 10.5. The average molecular weight is 299 g/mol. The van der Waals surface area contributed by atoms with Crippen molar-refractivity contribution in [3.05, 3.63) is 48.8 Å². The summed E-state index contributed by atoms with van der Waals surface area (Å²) in [7, 11) is 0. The molecule has 0 bridgehead atoms. The van der Waals surface area contributed by atoms with Crippen molar-refractivity contribution in [1.82, 2.24) is 9.47 Å². The molecule has 0 radical (unpaired) electrons. The summed E-state index contributed by atoms with van der Waals surface area (Å²) in [5.74, 6) is 0. The van der Waals surface area contributed by atoms with Crippen molar-refractivity contribution in [3.63, 3.8) is 0 Å². The van der Waals surface area contributed by atoms with Crippen LogP contribution < -0.4 is 5.32 Å². The van der Waals surface area contributed by atoms with Crippen molar-refractivity contribution in [2.45, 2.75) is 33.1 Å². The molecule has 0 atom stereocenters. The molecular weight excluding hydrogens is 274 g/mol. The van der Waals surface area contributed by atoms with Gasteiger partial charge in [-0.3, -0.25) is 0 Å². The number of carbonyl (C=O) groups excluding carboxylic acids is 1. The number of nitrogens with zero attached hydrogens (tertiary/aromatic N) is 2. The summed E-state index contributed by atoms with van der Waals surface area (Å²) in [6.45, 7) is 5.85. The Balaban J connectivity index is 1.98. The highest BCUT2D eigenvalue weighted by atomic mass is 16.2. The molecule has 1 heterocycles. The molecule has 2 rings (SSSR count). The van der Waals surface area contributed by atoms with E-state index in [0.717, 1.165) is 43.7 Å². The molecule has 0 fully saturated rings. The predicted octanol–water partition coefficient (Wildman–Crippen LogP) is 4.52. The van der Waals surface area contributed by atoms with Crippen molar-refractivity contribution in [3.8, 4) is 5.69 Å². The van der Waals surface area contributed by atoms with Crippen LogP contribution in [-0.2, 0) is 0 Å². The molecule has 0 spiro atoms. The maximum absolute atomic E-state index is 12.3. The van der Waals surface area contributed by atoms with Gasteiger partial charge in [0.05, 0.1) is 0 Å². The number of unbranched alkanes of at least 4 members (excludes halogenated alkanes) is 1. The summed E-state index contributed by atoms with van der Waals surface area (Å²) < 4.78 is 2.04. The first kappa shape index (κ1) is 16.1. The molecular formula is C18H25N3O. The standard InChI is InChI=1S/C18H25N3O/c1-3-5-13-21(12-4-2)18(22)19-16-8-10-17(11-9-16)20-14-6-7-15-20/h6-11,14-15H,3-5,12-13H2,1-2H3,(H,19,22). The Hall–Kier alpha value is -2.23. The third-order valence-corrected chi connectivity index (χ3v) is 3.58. The fourth-order valence-corrected chi connectivity index (χ4v) is 2.36. The van der Waals surface area contributed by atoms with Crippen LogP contribution in [0.5, 0.6) is 0 Å². The smallest absolute Gasteiger partial charge is 0.321 e. The van der Waals surface area contributed by atoms with Crippen LogP contribution in [0.4, 0.5) is 10.5 Å². The monoisotopic (exact) mass is 299 g/mol. The van der Waals surface area contributed by atoms with Gasteiger partial charge in [0.1, 0.15) is 0 Å². The van der Waals surface area contributed by atoms with Crippen molar-refractivity contribution < 1.29 is 4.79 Å².